The van der Waals surface area contributed by atoms with Crippen molar-refractivity contribution in [2.24, 2.45) is 5.41 Å². The molecule has 0 aromatic rings. The molecule has 1 unspecified atom stereocenters. The molecule has 0 fully saturated rings. The van der Waals surface area contributed by atoms with Gasteiger partial charge in [-0.1, -0.05) is 13.8 Å². The molecule has 0 aliphatic carbocycles. The zero-order chi connectivity index (χ0) is 11.0. The highest BCUT2D eigenvalue weighted by Gasteiger charge is 2.29. The second-order valence-electron chi connectivity index (χ2n) is 3.64. The van der Waals surface area contributed by atoms with Crippen LogP contribution in [0.3, 0.4) is 0 Å². The minimum atomic E-state index is -0.456. The predicted octanol–water partition coefficient (Wildman–Crippen LogP) is 0.548. The first kappa shape index (κ1) is 13.4. The third kappa shape index (κ3) is 4.07. The number of nitrogens with one attached hydrogen (secondary N) is 1. The van der Waals surface area contributed by atoms with Crippen LogP contribution in [0.15, 0.2) is 0 Å². The Morgan fingerprint density at radius 2 is 2.21 bits per heavy atom. The molecule has 0 heterocycles. The molecule has 2 N–H and O–H groups in total. The minimum absolute atomic E-state index is 0.00824. The minimum Gasteiger partial charge on any atom is -0.396 e. The number of amides is 1. The maximum atomic E-state index is 11.7. The smallest absolute Gasteiger partial charge is 0.226 e. The molecule has 4 heteroatoms. The van der Waals surface area contributed by atoms with Gasteiger partial charge in [0, 0.05) is 25.7 Å². The van der Waals surface area contributed by atoms with E-state index in [1.165, 1.54) is 0 Å². The van der Waals surface area contributed by atoms with Crippen LogP contribution in [0.2, 0.25) is 0 Å². The van der Waals surface area contributed by atoms with E-state index in [9.17, 15) is 4.79 Å². The standard InChI is InChI=1S/C10H21NO3/c1-4-10(2,5-7-12)9(13)11-6-8-14-3/h12H,4-8H2,1-3H3,(H,11,13). The van der Waals surface area contributed by atoms with Crippen molar-refractivity contribution in [1.29, 1.82) is 0 Å². The quantitative estimate of drug-likeness (QED) is 0.594. The van der Waals surface area contributed by atoms with E-state index in [1.807, 2.05) is 13.8 Å². The Labute approximate surface area is 85.6 Å². The maximum absolute atomic E-state index is 11.7. The largest absolute Gasteiger partial charge is 0.396 e. The number of carbonyl (C=O) groups excluding carboxylic acids is 1. The second kappa shape index (κ2) is 6.79. The Kier molecular flexibility index (Phi) is 6.49. The lowest BCUT2D eigenvalue weighted by molar-refractivity contribution is -0.131. The number of rotatable bonds is 7. The summed E-state index contributed by atoms with van der Waals surface area (Å²) >= 11 is 0. The van der Waals surface area contributed by atoms with E-state index in [4.69, 9.17) is 9.84 Å². The summed E-state index contributed by atoms with van der Waals surface area (Å²) in [6, 6.07) is 0. The molecule has 0 aliphatic heterocycles. The molecule has 14 heavy (non-hydrogen) atoms. The van der Waals surface area contributed by atoms with Crippen molar-refractivity contribution in [3.63, 3.8) is 0 Å². The highest BCUT2D eigenvalue weighted by Crippen LogP contribution is 2.25. The highest BCUT2D eigenvalue weighted by atomic mass is 16.5. The fourth-order valence-corrected chi connectivity index (χ4v) is 1.18. The number of ether oxygens (including phenoxy) is 1. The SMILES string of the molecule is CCC(C)(CCO)C(=O)NCCOC. The van der Waals surface area contributed by atoms with E-state index in [2.05, 4.69) is 5.32 Å². The van der Waals surface area contributed by atoms with E-state index >= 15 is 0 Å². The van der Waals surface area contributed by atoms with Gasteiger partial charge < -0.3 is 15.2 Å². The summed E-state index contributed by atoms with van der Waals surface area (Å²) in [5.74, 6) is -0.00824. The molecule has 0 radical (unpaired) electrons. The van der Waals surface area contributed by atoms with Gasteiger partial charge in [-0.05, 0) is 12.8 Å². The lowest BCUT2D eigenvalue weighted by Crippen LogP contribution is -2.40. The molecular formula is C10H21NO3. The second-order valence-corrected chi connectivity index (χ2v) is 3.64. The molecule has 0 spiro atoms. The van der Waals surface area contributed by atoms with E-state index in [0.717, 1.165) is 6.42 Å². The molecule has 0 saturated carbocycles. The van der Waals surface area contributed by atoms with Gasteiger partial charge in [-0.15, -0.1) is 0 Å². The van der Waals surface area contributed by atoms with Crippen LogP contribution < -0.4 is 5.32 Å². The molecular weight excluding hydrogens is 182 g/mol. The third-order valence-corrected chi connectivity index (χ3v) is 2.58. The molecule has 0 aromatic heterocycles. The van der Waals surface area contributed by atoms with Crippen LogP contribution in [0.25, 0.3) is 0 Å². The van der Waals surface area contributed by atoms with Crippen LogP contribution >= 0.6 is 0 Å². The summed E-state index contributed by atoms with van der Waals surface area (Å²) < 4.78 is 4.83. The van der Waals surface area contributed by atoms with E-state index in [1.54, 1.807) is 7.11 Å². The molecule has 0 rings (SSSR count). The molecule has 0 bridgehead atoms. The van der Waals surface area contributed by atoms with Gasteiger partial charge in [0.2, 0.25) is 5.91 Å². The lowest BCUT2D eigenvalue weighted by atomic mass is 9.83. The van der Waals surface area contributed by atoms with Crippen molar-refractivity contribution in [3.05, 3.63) is 0 Å². The van der Waals surface area contributed by atoms with Gasteiger partial charge in [0.15, 0.2) is 0 Å². The summed E-state index contributed by atoms with van der Waals surface area (Å²) in [4.78, 5) is 11.7. The third-order valence-electron chi connectivity index (χ3n) is 2.58. The van der Waals surface area contributed by atoms with E-state index in [-0.39, 0.29) is 12.5 Å². The number of aliphatic hydroxyl groups excluding tert-OH is 1. The van der Waals surface area contributed by atoms with Crippen molar-refractivity contribution in [2.45, 2.75) is 26.7 Å². The Morgan fingerprint density at radius 1 is 1.57 bits per heavy atom. The number of hydrogen-bond acceptors (Lipinski definition) is 3. The Balaban J connectivity index is 4.03. The van der Waals surface area contributed by atoms with E-state index < -0.39 is 5.41 Å². The number of carbonyl (C=O) groups is 1. The van der Waals surface area contributed by atoms with Gasteiger partial charge in [-0.25, -0.2) is 0 Å². The molecule has 1 atom stereocenters. The maximum Gasteiger partial charge on any atom is 0.226 e. The van der Waals surface area contributed by atoms with Gasteiger partial charge in [-0.2, -0.15) is 0 Å². The van der Waals surface area contributed by atoms with Crippen LogP contribution in [0, 0.1) is 5.41 Å². The molecule has 0 saturated heterocycles. The fraction of sp³-hybridized carbons (Fsp3) is 0.900. The van der Waals surface area contributed by atoms with Crippen molar-refractivity contribution in [2.75, 3.05) is 26.9 Å². The Bertz CT molecular complexity index is 173. The van der Waals surface area contributed by atoms with Gasteiger partial charge in [0.25, 0.3) is 0 Å². The Hall–Kier alpha value is -0.610. The van der Waals surface area contributed by atoms with Crippen LogP contribution in [0.5, 0.6) is 0 Å². The predicted molar refractivity (Wildman–Crippen MR) is 55.0 cm³/mol. The number of aliphatic hydroxyl groups is 1. The molecule has 84 valence electrons. The van der Waals surface area contributed by atoms with Crippen LogP contribution in [-0.4, -0.2) is 37.9 Å². The van der Waals surface area contributed by atoms with Crippen molar-refractivity contribution >= 4 is 5.91 Å². The highest BCUT2D eigenvalue weighted by molar-refractivity contribution is 5.82. The summed E-state index contributed by atoms with van der Waals surface area (Å²) in [6.45, 7) is 4.90. The molecule has 4 nitrogen and oxygen atoms in total. The van der Waals surface area contributed by atoms with Gasteiger partial charge in [-0.3, -0.25) is 4.79 Å². The molecule has 1 amide bonds. The van der Waals surface area contributed by atoms with Crippen molar-refractivity contribution in [3.8, 4) is 0 Å². The number of methoxy groups -OCH3 is 1. The molecule has 0 aromatic carbocycles. The average molecular weight is 203 g/mol. The van der Waals surface area contributed by atoms with E-state index in [0.29, 0.717) is 19.6 Å². The van der Waals surface area contributed by atoms with Crippen LogP contribution in [0.1, 0.15) is 26.7 Å². The van der Waals surface area contributed by atoms with Crippen LogP contribution in [0.4, 0.5) is 0 Å². The number of hydrogen-bond donors (Lipinski definition) is 2. The normalized spacial score (nSPS) is 14.9. The van der Waals surface area contributed by atoms with Crippen molar-refractivity contribution < 1.29 is 14.6 Å². The first-order valence-corrected chi connectivity index (χ1v) is 4.99. The first-order valence-electron chi connectivity index (χ1n) is 4.99. The van der Waals surface area contributed by atoms with Gasteiger partial charge >= 0.3 is 0 Å². The van der Waals surface area contributed by atoms with Crippen LogP contribution in [-0.2, 0) is 9.53 Å². The summed E-state index contributed by atoms with van der Waals surface area (Å²) in [7, 11) is 1.60. The summed E-state index contributed by atoms with van der Waals surface area (Å²) in [5, 5.41) is 11.6. The van der Waals surface area contributed by atoms with Gasteiger partial charge in [0.05, 0.1) is 6.61 Å². The lowest BCUT2D eigenvalue weighted by Gasteiger charge is -2.25. The fourth-order valence-electron chi connectivity index (χ4n) is 1.18. The zero-order valence-corrected chi connectivity index (χ0v) is 9.30. The first-order chi connectivity index (χ1) is 6.60. The monoisotopic (exact) mass is 203 g/mol. The average Bonchev–Trinajstić information content (AvgIpc) is 2.18. The van der Waals surface area contributed by atoms with Gasteiger partial charge in [0.1, 0.15) is 0 Å². The van der Waals surface area contributed by atoms with Crippen molar-refractivity contribution in [1.82, 2.24) is 5.32 Å². The molecule has 0 aliphatic rings. The topological polar surface area (TPSA) is 58.6 Å². The Morgan fingerprint density at radius 3 is 2.64 bits per heavy atom. The zero-order valence-electron chi connectivity index (χ0n) is 9.30. The summed E-state index contributed by atoms with van der Waals surface area (Å²) in [6.07, 6.45) is 1.23. The summed E-state index contributed by atoms with van der Waals surface area (Å²) in [5.41, 5.74) is -0.456.